The number of carbonyl (C=O) groups excluding carboxylic acids is 1. The standard InChI is InChI=1S/C12H22N2O/c1-2-11-10(7-8-13-11)12(15)14-9-5-3-4-6-9/h9-11,13H,2-8H2,1H3,(H,14,15). The van der Waals surface area contributed by atoms with Gasteiger partial charge in [0.1, 0.15) is 0 Å². The molecule has 1 aliphatic carbocycles. The minimum Gasteiger partial charge on any atom is -0.353 e. The van der Waals surface area contributed by atoms with Crippen molar-refractivity contribution in [2.24, 2.45) is 5.92 Å². The van der Waals surface area contributed by atoms with Crippen molar-refractivity contribution in [3.8, 4) is 0 Å². The van der Waals surface area contributed by atoms with E-state index in [0.29, 0.717) is 18.0 Å². The first-order valence-electron chi connectivity index (χ1n) is 6.35. The van der Waals surface area contributed by atoms with Crippen LogP contribution in [0.15, 0.2) is 0 Å². The van der Waals surface area contributed by atoms with E-state index in [1.54, 1.807) is 0 Å². The highest BCUT2D eigenvalue weighted by Gasteiger charge is 2.32. The van der Waals surface area contributed by atoms with Crippen molar-refractivity contribution in [1.82, 2.24) is 10.6 Å². The molecule has 2 fully saturated rings. The Morgan fingerprint density at radius 2 is 2.07 bits per heavy atom. The van der Waals surface area contributed by atoms with Crippen LogP contribution in [-0.4, -0.2) is 24.5 Å². The SMILES string of the molecule is CCC1NCCC1C(=O)NC1CCCC1. The fourth-order valence-electron chi connectivity index (χ4n) is 2.89. The lowest BCUT2D eigenvalue weighted by Gasteiger charge is -2.20. The molecule has 15 heavy (non-hydrogen) atoms. The van der Waals surface area contributed by atoms with Gasteiger partial charge < -0.3 is 10.6 Å². The molecule has 0 bridgehead atoms. The molecule has 0 aromatic heterocycles. The van der Waals surface area contributed by atoms with Crippen molar-refractivity contribution >= 4 is 5.91 Å². The summed E-state index contributed by atoms with van der Waals surface area (Å²) in [5.74, 6) is 0.509. The zero-order valence-electron chi connectivity index (χ0n) is 9.59. The van der Waals surface area contributed by atoms with E-state index < -0.39 is 0 Å². The Kier molecular flexibility index (Phi) is 3.62. The predicted molar refractivity (Wildman–Crippen MR) is 60.6 cm³/mol. The van der Waals surface area contributed by atoms with Gasteiger partial charge in [-0.1, -0.05) is 19.8 Å². The average Bonchev–Trinajstić information content (AvgIpc) is 2.86. The number of amides is 1. The first kappa shape index (κ1) is 10.9. The maximum absolute atomic E-state index is 12.0. The summed E-state index contributed by atoms with van der Waals surface area (Å²) in [6, 6.07) is 0.877. The molecular formula is C12H22N2O. The normalized spacial score (nSPS) is 32.1. The molecule has 2 aliphatic rings. The van der Waals surface area contributed by atoms with Gasteiger partial charge in [0, 0.05) is 12.1 Å². The van der Waals surface area contributed by atoms with Crippen molar-refractivity contribution in [1.29, 1.82) is 0 Å². The molecule has 86 valence electrons. The van der Waals surface area contributed by atoms with Gasteiger partial charge in [-0.25, -0.2) is 0 Å². The van der Waals surface area contributed by atoms with E-state index >= 15 is 0 Å². The van der Waals surface area contributed by atoms with Crippen molar-refractivity contribution in [3.05, 3.63) is 0 Å². The molecule has 1 saturated heterocycles. The molecule has 0 radical (unpaired) electrons. The third kappa shape index (κ3) is 2.51. The number of carbonyl (C=O) groups is 1. The minimum absolute atomic E-state index is 0.218. The fraction of sp³-hybridized carbons (Fsp3) is 0.917. The average molecular weight is 210 g/mol. The Bertz CT molecular complexity index is 224. The molecule has 1 heterocycles. The van der Waals surface area contributed by atoms with Gasteiger partial charge in [0.25, 0.3) is 0 Å². The van der Waals surface area contributed by atoms with E-state index in [9.17, 15) is 4.79 Å². The quantitative estimate of drug-likeness (QED) is 0.740. The summed E-state index contributed by atoms with van der Waals surface area (Å²) < 4.78 is 0. The lowest BCUT2D eigenvalue weighted by atomic mass is 9.97. The molecule has 2 atom stereocenters. The summed E-state index contributed by atoms with van der Waals surface area (Å²) in [5, 5.41) is 6.61. The van der Waals surface area contributed by atoms with Crippen LogP contribution in [0.1, 0.15) is 45.4 Å². The number of hydrogen-bond donors (Lipinski definition) is 2. The van der Waals surface area contributed by atoms with E-state index in [0.717, 1.165) is 19.4 Å². The lowest BCUT2D eigenvalue weighted by Crippen LogP contribution is -2.41. The number of rotatable bonds is 3. The van der Waals surface area contributed by atoms with E-state index in [2.05, 4.69) is 17.6 Å². The molecule has 2 unspecified atom stereocenters. The smallest absolute Gasteiger partial charge is 0.224 e. The molecule has 3 heteroatoms. The summed E-state index contributed by atoms with van der Waals surface area (Å²) in [5.41, 5.74) is 0. The molecule has 3 nitrogen and oxygen atoms in total. The van der Waals surface area contributed by atoms with Gasteiger partial charge in [0.05, 0.1) is 5.92 Å². The van der Waals surface area contributed by atoms with Gasteiger partial charge in [-0.05, 0) is 32.2 Å². The molecule has 1 amide bonds. The molecule has 0 aromatic rings. The molecule has 0 spiro atoms. The lowest BCUT2D eigenvalue weighted by molar-refractivity contribution is -0.125. The molecule has 2 rings (SSSR count). The second-order valence-corrected chi connectivity index (χ2v) is 4.85. The van der Waals surface area contributed by atoms with Crippen LogP contribution < -0.4 is 10.6 Å². The summed E-state index contributed by atoms with van der Waals surface area (Å²) in [6.45, 7) is 3.15. The first-order valence-corrected chi connectivity index (χ1v) is 6.35. The van der Waals surface area contributed by atoms with Crippen molar-refractivity contribution < 1.29 is 4.79 Å². The third-order valence-electron chi connectivity index (χ3n) is 3.83. The highest BCUT2D eigenvalue weighted by Crippen LogP contribution is 2.21. The summed E-state index contributed by atoms with van der Waals surface area (Å²) >= 11 is 0. The Balaban J connectivity index is 1.83. The van der Waals surface area contributed by atoms with Gasteiger partial charge >= 0.3 is 0 Å². The second kappa shape index (κ2) is 4.97. The van der Waals surface area contributed by atoms with Crippen molar-refractivity contribution in [3.63, 3.8) is 0 Å². The highest BCUT2D eigenvalue weighted by atomic mass is 16.2. The van der Waals surface area contributed by atoms with E-state index in [4.69, 9.17) is 0 Å². The minimum atomic E-state index is 0.218. The maximum Gasteiger partial charge on any atom is 0.224 e. The van der Waals surface area contributed by atoms with Crippen molar-refractivity contribution in [2.75, 3.05) is 6.54 Å². The summed E-state index contributed by atoms with van der Waals surface area (Å²) in [7, 11) is 0. The van der Waals surface area contributed by atoms with Crippen molar-refractivity contribution in [2.45, 2.75) is 57.5 Å². The Morgan fingerprint density at radius 3 is 2.73 bits per heavy atom. The number of nitrogens with one attached hydrogen (secondary N) is 2. The molecule has 2 N–H and O–H groups in total. The van der Waals surface area contributed by atoms with Crippen LogP contribution in [0, 0.1) is 5.92 Å². The van der Waals surface area contributed by atoms with Gasteiger partial charge in [-0.3, -0.25) is 4.79 Å². The van der Waals surface area contributed by atoms with Crippen LogP contribution in [0.25, 0.3) is 0 Å². The topological polar surface area (TPSA) is 41.1 Å². The van der Waals surface area contributed by atoms with E-state index in [1.165, 1.54) is 25.7 Å². The zero-order chi connectivity index (χ0) is 10.7. The predicted octanol–water partition coefficient (Wildman–Crippen LogP) is 1.43. The van der Waals surface area contributed by atoms with Crippen LogP contribution in [0.2, 0.25) is 0 Å². The Labute approximate surface area is 92.0 Å². The highest BCUT2D eigenvalue weighted by molar-refractivity contribution is 5.80. The van der Waals surface area contributed by atoms with Crippen LogP contribution >= 0.6 is 0 Å². The van der Waals surface area contributed by atoms with Crippen LogP contribution in [0.4, 0.5) is 0 Å². The maximum atomic E-state index is 12.0. The monoisotopic (exact) mass is 210 g/mol. The van der Waals surface area contributed by atoms with E-state index in [-0.39, 0.29) is 5.92 Å². The van der Waals surface area contributed by atoms with E-state index in [1.807, 2.05) is 0 Å². The van der Waals surface area contributed by atoms with Crippen LogP contribution in [0.3, 0.4) is 0 Å². The first-order chi connectivity index (χ1) is 7.31. The Hall–Kier alpha value is -0.570. The molecule has 1 saturated carbocycles. The second-order valence-electron chi connectivity index (χ2n) is 4.85. The fourth-order valence-corrected chi connectivity index (χ4v) is 2.89. The molecule has 1 aliphatic heterocycles. The molecule has 0 aromatic carbocycles. The van der Waals surface area contributed by atoms with Gasteiger partial charge in [0.15, 0.2) is 0 Å². The number of hydrogen-bond acceptors (Lipinski definition) is 2. The van der Waals surface area contributed by atoms with Gasteiger partial charge in [0.2, 0.25) is 5.91 Å². The summed E-state index contributed by atoms with van der Waals surface area (Å²) in [4.78, 5) is 12.0. The Morgan fingerprint density at radius 1 is 1.33 bits per heavy atom. The van der Waals surface area contributed by atoms with Gasteiger partial charge in [-0.15, -0.1) is 0 Å². The van der Waals surface area contributed by atoms with Gasteiger partial charge in [-0.2, -0.15) is 0 Å². The van der Waals surface area contributed by atoms with Crippen LogP contribution in [-0.2, 0) is 4.79 Å². The third-order valence-corrected chi connectivity index (χ3v) is 3.83. The zero-order valence-corrected chi connectivity index (χ0v) is 9.59. The summed E-state index contributed by atoms with van der Waals surface area (Å²) in [6.07, 6.45) is 7.00. The molecular weight excluding hydrogens is 188 g/mol. The largest absolute Gasteiger partial charge is 0.353 e. The van der Waals surface area contributed by atoms with Crippen LogP contribution in [0.5, 0.6) is 0 Å².